The number of likely N-dealkylation sites (N-methyl/N-ethyl adjacent to an activating group) is 1. The lowest BCUT2D eigenvalue weighted by Crippen LogP contribution is -2.46. The Bertz CT molecular complexity index is 596. The largest absolute Gasteiger partial charge is 0.452 e. The van der Waals surface area contributed by atoms with E-state index >= 15 is 0 Å². The van der Waals surface area contributed by atoms with Crippen LogP contribution in [0.2, 0.25) is 0 Å². The van der Waals surface area contributed by atoms with E-state index in [4.69, 9.17) is 4.74 Å². The minimum Gasteiger partial charge on any atom is -0.452 e. The molecule has 126 valence electrons. The standard InChI is InChI=1S/C16H21IN2O4/c1-16(2,3)18-13(20)9-19(4)14(21)10-23-15(22)11-6-5-7-12(17)8-11/h5-8H,9-10H2,1-4H3,(H,18,20). The van der Waals surface area contributed by atoms with E-state index in [1.807, 2.05) is 26.8 Å². The fourth-order valence-corrected chi connectivity index (χ4v) is 2.24. The zero-order chi connectivity index (χ0) is 17.6. The van der Waals surface area contributed by atoms with Gasteiger partial charge in [-0.1, -0.05) is 6.07 Å². The van der Waals surface area contributed by atoms with Crippen LogP contribution in [0.25, 0.3) is 0 Å². The van der Waals surface area contributed by atoms with E-state index in [0.29, 0.717) is 5.56 Å². The Kier molecular flexibility index (Phi) is 6.99. The van der Waals surface area contributed by atoms with Crippen LogP contribution in [0.1, 0.15) is 31.1 Å². The van der Waals surface area contributed by atoms with E-state index in [2.05, 4.69) is 27.9 Å². The third-order valence-corrected chi connectivity index (χ3v) is 3.38. The molecule has 2 amide bonds. The third kappa shape index (κ3) is 7.45. The van der Waals surface area contributed by atoms with Crippen molar-refractivity contribution in [3.8, 4) is 0 Å². The molecule has 0 aliphatic carbocycles. The molecule has 0 saturated carbocycles. The third-order valence-electron chi connectivity index (χ3n) is 2.71. The number of carbonyl (C=O) groups is 3. The molecule has 6 nitrogen and oxygen atoms in total. The summed E-state index contributed by atoms with van der Waals surface area (Å²) in [6.07, 6.45) is 0. The highest BCUT2D eigenvalue weighted by molar-refractivity contribution is 14.1. The molecule has 0 spiro atoms. The fraction of sp³-hybridized carbons (Fsp3) is 0.438. The molecule has 0 atom stereocenters. The van der Waals surface area contributed by atoms with Gasteiger partial charge in [0.15, 0.2) is 6.61 Å². The number of halogens is 1. The average Bonchev–Trinajstić information content (AvgIpc) is 2.42. The molecule has 1 aromatic carbocycles. The van der Waals surface area contributed by atoms with Gasteiger partial charge in [-0.3, -0.25) is 9.59 Å². The predicted molar refractivity (Wildman–Crippen MR) is 95.0 cm³/mol. The molecule has 23 heavy (non-hydrogen) atoms. The minimum absolute atomic E-state index is 0.0864. The number of carbonyl (C=O) groups excluding carboxylic acids is 3. The Labute approximate surface area is 149 Å². The molecule has 0 bridgehead atoms. The zero-order valence-corrected chi connectivity index (χ0v) is 15.8. The zero-order valence-electron chi connectivity index (χ0n) is 13.7. The van der Waals surface area contributed by atoms with Crippen LogP contribution in [-0.4, -0.2) is 48.4 Å². The normalized spacial score (nSPS) is 10.8. The molecule has 0 radical (unpaired) electrons. The molecular weight excluding hydrogens is 411 g/mol. The molecule has 7 heteroatoms. The topological polar surface area (TPSA) is 75.7 Å². The molecule has 0 fully saturated rings. The quantitative estimate of drug-likeness (QED) is 0.569. The SMILES string of the molecule is CN(CC(=O)NC(C)(C)C)C(=O)COC(=O)c1cccc(I)c1. The van der Waals surface area contributed by atoms with Gasteiger partial charge in [-0.05, 0) is 61.6 Å². The summed E-state index contributed by atoms with van der Waals surface area (Å²) < 4.78 is 5.89. The summed E-state index contributed by atoms with van der Waals surface area (Å²) in [4.78, 5) is 36.8. The van der Waals surface area contributed by atoms with Gasteiger partial charge in [0.2, 0.25) is 5.91 Å². The van der Waals surface area contributed by atoms with E-state index in [-0.39, 0.29) is 18.0 Å². The molecule has 1 rings (SSSR count). The van der Waals surface area contributed by atoms with Crippen LogP contribution in [0.4, 0.5) is 0 Å². The van der Waals surface area contributed by atoms with Crippen molar-refractivity contribution in [2.24, 2.45) is 0 Å². The average molecular weight is 432 g/mol. The Morgan fingerprint density at radius 3 is 2.48 bits per heavy atom. The van der Waals surface area contributed by atoms with Crippen molar-refractivity contribution in [3.63, 3.8) is 0 Å². The van der Waals surface area contributed by atoms with Gasteiger partial charge in [0.05, 0.1) is 12.1 Å². The van der Waals surface area contributed by atoms with Crippen molar-refractivity contribution in [1.82, 2.24) is 10.2 Å². The number of hydrogen-bond donors (Lipinski definition) is 1. The summed E-state index contributed by atoms with van der Waals surface area (Å²) in [6.45, 7) is 5.09. The Morgan fingerprint density at radius 1 is 1.26 bits per heavy atom. The first-order valence-corrected chi connectivity index (χ1v) is 8.14. The van der Waals surface area contributed by atoms with E-state index < -0.39 is 18.5 Å². The summed E-state index contributed by atoms with van der Waals surface area (Å²) in [6, 6.07) is 6.89. The Hall–Kier alpha value is -1.64. The molecule has 0 unspecified atom stereocenters. The number of rotatable bonds is 5. The lowest BCUT2D eigenvalue weighted by Gasteiger charge is -2.23. The van der Waals surface area contributed by atoms with Gasteiger partial charge in [0.25, 0.3) is 5.91 Å². The highest BCUT2D eigenvalue weighted by atomic mass is 127. The lowest BCUT2D eigenvalue weighted by atomic mass is 10.1. The number of hydrogen-bond acceptors (Lipinski definition) is 4. The van der Waals surface area contributed by atoms with Crippen LogP contribution in [0.15, 0.2) is 24.3 Å². The molecule has 1 N–H and O–H groups in total. The van der Waals surface area contributed by atoms with E-state index in [0.717, 1.165) is 3.57 Å². The fourth-order valence-electron chi connectivity index (χ4n) is 1.70. The molecule has 1 aromatic rings. The highest BCUT2D eigenvalue weighted by Gasteiger charge is 2.19. The molecule has 0 heterocycles. The molecule has 0 saturated heterocycles. The number of ether oxygens (including phenoxy) is 1. The number of esters is 1. The summed E-state index contributed by atoms with van der Waals surface area (Å²) >= 11 is 2.09. The number of amides is 2. The lowest BCUT2D eigenvalue weighted by molar-refractivity contribution is -0.137. The second kappa shape index (κ2) is 8.28. The molecule has 0 aliphatic heterocycles. The molecule has 0 aromatic heterocycles. The van der Waals surface area contributed by atoms with Crippen molar-refractivity contribution in [2.75, 3.05) is 20.2 Å². The van der Waals surface area contributed by atoms with Gasteiger partial charge >= 0.3 is 5.97 Å². The summed E-state index contributed by atoms with van der Waals surface area (Å²) in [5.41, 5.74) is 0.0237. The molecule has 0 aliphatic rings. The molecular formula is C16H21IN2O4. The summed E-state index contributed by atoms with van der Waals surface area (Å²) in [7, 11) is 1.49. The van der Waals surface area contributed by atoms with Gasteiger partial charge in [0, 0.05) is 16.2 Å². The first kappa shape index (κ1) is 19.4. The Balaban J connectivity index is 2.46. The first-order valence-electron chi connectivity index (χ1n) is 7.06. The first-order chi connectivity index (χ1) is 10.6. The smallest absolute Gasteiger partial charge is 0.338 e. The van der Waals surface area contributed by atoms with Crippen molar-refractivity contribution in [2.45, 2.75) is 26.3 Å². The number of benzene rings is 1. The number of nitrogens with zero attached hydrogens (tertiary/aromatic N) is 1. The highest BCUT2D eigenvalue weighted by Crippen LogP contribution is 2.09. The van der Waals surface area contributed by atoms with Crippen LogP contribution >= 0.6 is 22.6 Å². The monoisotopic (exact) mass is 432 g/mol. The van der Waals surface area contributed by atoms with Gasteiger partial charge in [-0.25, -0.2) is 4.79 Å². The summed E-state index contributed by atoms with van der Waals surface area (Å²) in [5, 5.41) is 2.76. The van der Waals surface area contributed by atoms with E-state index in [1.165, 1.54) is 11.9 Å². The maximum atomic E-state index is 11.9. The van der Waals surface area contributed by atoms with E-state index in [1.54, 1.807) is 18.2 Å². The second-order valence-corrected chi connectivity index (χ2v) is 7.38. The van der Waals surface area contributed by atoms with Crippen LogP contribution in [0.3, 0.4) is 0 Å². The van der Waals surface area contributed by atoms with Gasteiger partial charge in [-0.2, -0.15) is 0 Å². The maximum Gasteiger partial charge on any atom is 0.338 e. The van der Waals surface area contributed by atoms with Crippen molar-refractivity contribution in [1.29, 1.82) is 0 Å². The van der Waals surface area contributed by atoms with Gasteiger partial charge in [0.1, 0.15) is 0 Å². The minimum atomic E-state index is -0.565. The maximum absolute atomic E-state index is 11.9. The van der Waals surface area contributed by atoms with Crippen molar-refractivity contribution in [3.05, 3.63) is 33.4 Å². The van der Waals surface area contributed by atoms with Crippen molar-refractivity contribution >= 4 is 40.4 Å². The van der Waals surface area contributed by atoms with Crippen LogP contribution < -0.4 is 5.32 Å². The summed E-state index contributed by atoms with van der Waals surface area (Å²) in [5.74, 6) is -1.27. The predicted octanol–water partition coefficient (Wildman–Crippen LogP) is 1.82. The van der Waals surface area contributed by atoms with Crippen LogP contribution in [0.5, 0.6) is 0 Å². The van der Waals surface area contributed by atoms with Gasteiger partial charge < -0.3 is 15.0 Å². The van der Waals surface area contributed by atoms with Crippen LogP contribution in [0, 0.1) is 3.57 Å². The van der Waals surface area contributed by atoms with E-state index in [9.17, 15) is 14.4 Å². The van der Waals surface area contributed by atoms with Crippen molar-refractivity contribution < 1.29 is 19.1 Å². The van der Waals surface area contributed by atoms with Gasteiger partial charge in [-0.15, -0.1) is 0 Å². The van der Waals surface area contributed by atoms with Crippen LogP contribution in [-0.2, 0) is 14.3 Å². The Morgan fingerprint density at radius 2 is 1.91 bits per heavy atom. The number of nitrogens with one attached hydrogen (secondary N) is 1. The second-order valence-electron chi connectivity index (χ2n) is 6.13.